The van der Waals surface area contributed by atoms with Crippen LogP contribution in [0.4, 0.5) is 0 Å². The van der Waals surface area contributed by atoms with Crippen molar-refractivity contribution in [3.63, 3.8) is 0 Å². The predicted molar refractivity (Wildman–Crippen MR) is 118 cm³/mol. The molecule has 5 rings (SSSR count). The van der Waals surface area contributed by atoms with E-state index >= 15 is 0 Å². The van der Waals surface area contributed by atoms with Crippen molar-refractivity contribution in [3.8, 4) is 11.4 Å². The third kappa shape index (κ3) is 5.13. The molecule has 1 atom stereocenters. The molecule has 1 unspecified atom stereocenters. The van der Waals surface area contributed by atoms with E-state index in [1.54, 1.807) is 0 Å². The maximum absolute atomic E-state index is 12.9. The Bertz CT molecular complexity index is 1090. The van der Waals surface area contributed by atoms with Gasteiger partial charge in [0.1, 0.15) is 0 Å². The predicted octanol–water partition coefficient (Wildman–Crippen LogP) is 3.66. The molecule has 0 N–H and O–H groups in total. The van der Waals surface area contributed by atoms with E-state index in [2.05, 4.69) is 20.3 Å². The van der Waals surface area contributed by atoms with E-state index in [0.29, 0.717) is 42.9 Å². The van der Waals surface area contributed by atoms with E-state index in [4.69, 9.17) is 13.8 Å². The van der Waals surface area contributed by atoms with Crippen molar-refractivity contribution in [2.24, 2.45) is 0 Å². The van der Waals surface area contributed by atoms with Crippen molar-refractivity contribution in [1.82, 2.24) is 25.2 Å². The number of carbonyl (C=O) groups excluding carboxylic acids is 1. The van der Waals surface area contributed by atoms with Crippen LogP contribution in [-0.2, 0) is 16.0 Å². The normalized spacial score (nSPS) is 19.7. The Morgan fingerprint density at radius 1 is 1.09 bits per heavy atom. The molecule has 3 aromatic rings. The second kappa shape index (κ2) is 9.82. The van der Waals surface area contributed by atoms with E-state index in [0.717, 1.165) is 62.4 Å². The van der Waals surface area contributed by atoms with Gasteiger partial charge in [0.25, 0.3) is 0 Å². The number of likely N-dealkylation sites (tertiary alicyclic amines) is 1. The minimum atomic E-state index is 0.0826. The highest BCUT2D eigenvalue weighted by atomic mass is 16.5. The summed E-state index contributed by atoms with van der Waals surface area (Å²) in [6, 6.07) is 7.95. The maximum atomic E-state index is 12.9. The van der Waals surface area contributed by atoms with Crippen molar-refractivity contribution < 1.29 is 18.6 Å². The lowest BCUT2D eigenvalue weighted by Crippen LogP contribution is -2.39. The van der Waals surface area contributed by atoms with E-state index in [9.17, 15) is 4.79 Å². The molecule has 2 fully saturated rings. The van der Waals surface area contributed by atoms with Gasteiger partial charge in [0.15, 0.2) is 5.82 Å². The molecule has 0 saturated carbocycles. The van der Waals surface area contributed by atoms with Gasteiger partial charge >= 0.3 is 0 Å². The highest BCUT2D eigenvalue weighted by Crippen LogP contribution is 2.30. The summed E-state index contributed by atoms with van der Waals surface area (Å²) in [6.45, 7) is 4.86. The molecule has 174 valence electrons. The third-order valence-corrected chi connectivity index (χ3v) is 6.46. The number of benzene rings is 1. The molecule has 9 heteroatoms. The van der Waals surface area contributed by atoms with Gasteiger partial charge in [0.05, 0.1) is 5.92 Å². The highest BCUT2D eigenvalue weighted by Gasteiger charge is 2.30. The number of aryl methyl sites for hydroxylation is 2. The molecule has 1 amide bonds. The summed E-state index contributed by atoms with van der Waals surface area (Å²) in [5, 5.41) is 8.28. The fourth-order valence-corrected chi connectivity index (χ4v) is 4.57. The first-order chi connectivity index (χ1) is 16.2. The summed E-state index contributed by atoms with van der Waals surface area (Å²) < 4.78 is 16.4. The van der Waals surface area contributed by atoms with Crippen molar-refractivity contribution in [2.75, 3.05) is 26.3 Å². The van der Waals surface area contributed by atoms with Crippen LogP contribution in [0.15, 0.2) is 33.3 Å². The molecule has 2 aliphatic rings. The minimum Gasteiger partial charge on any atom is -0.381 e. The van der Waals surface area contributed by atoms with Crippen LogP contribution in [0.3, 0.4) is 0 Å². The lowest BCUT2D eigenvalue weighted by atomic mass is 9.97. The monoisotopic (exact) mass is 451 g/mol. The average Bonchev–Trinajstić information content (AvgIpc) is 3.54. The SMILES string of the molecule is Cc1cccc(-c2noc(CCC(=O)N3CCCC(c4nc(C5CCOCC5)no4)C3)n2)c1. The number of hydrogen-bond acceptors (Lipinski definition) is 8. The van der Waals surface area contributed by atoms with Gasteiger partial charge in [-0.15, -0.1) is 0 Å². The first kappa shape index (κ1) is 21.8. The standard InChI is InChI=1S/C24H29N5O4/c1-16-4-2-5-18(14-16)23-25-20(32-27-23)7-8-21(30)29-11-3-6-19(15-29)24-26-22(28-33-24)17-9-12-31-13-10-17/h2,4-5,14,17,19H,3,6-13,15H2,1H3. The minimum absolute atomic E-state index is 0.0826. The molecule has 2 aliphatic heterocycles. The Balaban J connectivity index is 1.16. The molecule has 0 spiro atoms. The fraction of sp³-hybridized carbons (Fsp3) is 0.542. The van der Waals surface area contributed by atoms with Crippen LogP contribution in [0, 0.1) is 6.92 Å². The Morgan fingerprint density at radius 2 is 1.97 bits per heavy atom. The molecule has 2 saturated heterocycles. The zero-order valence-electron chi connectivity index (χ0n) is 18.9. The molecule has 4 heterocycles. The van der Waals surface area contributed by atoms with Gasteiger partial charge in [-0.3, -0.25) is 4.79 Å². The fourth-order valence-electron chi connectivity index (χ4n) is 4.57. The Kier molecular flexibility index (Phi) is 6.48. The van der Waals surface area contributed by atoms with Crippen LogP contribution < -0.4 is 0 Å². The average molecular weight is 452 g/mol. The number of hydrogen-bond donors (Lipinski definition) is 0. The molecule has 1 aromatic carbocycles. The van der Waals surface area contributed by atoms with Crippen LogP contribution >= 0.6 is 0 Å². The second-order valence-electron chi connectivity index (χ2n) is 8.94. The second-order valence-corrected chi connectivity index (χ2v) is 8.94. The van der Waals surface area contributed by atoms with Crippen molar-refractivity contribution in [3.05, 3.63) is 47.4 Å². The molecular weight excluding hydrogens is 422 g/mol. The smallest absolute Gasteiger partial charge is 0.231 e. The van der Waals surface area contributed by atoms with E-state index in [-0.39, 0.29) is 11.8 Å². The van der Waals surface area contributed by atoms with Crippen molar-refractivity contribution in [1.29, 1.82) is 0 Å². The Labute approximate surface area is 192 Å². The zero-order valence-corrected chi connectivity index (χ0v) is 18.9. The van der Waals surface area contributed by atoms with Gasteiger partial charge < -0.3 is 18.7 Å². The van der Waals surface area contributed by atoms with Crippen LogP contribution in [0.1, 0.15) is 67.1 Å². The lowest BCUT2D eigenvalue weighted by molar-refractivity contribution is -0.132. The van der Waals surface area contributed by atoms with E-state index in [1.165, 1.54) is 0 Å². The molecular formula is C24H29N5O4. The Hall–Kier alpha value is -3.07. The van der Waals surface area contributed by atoms with Gasteiger partial charge in [-0.25, -0.2) is 0 Å². The summed E-state index contributed by atoms with van der Waals surface area (Å²) in [5.74, 6) is 2.92. The first-order valence-corrected chi connectivity index (χ1v) is 11.7. The van der Waals surface area contributed by atoms with Gasteiger partial charge in [-0.2, -0.15) is 9.97 Å². The van der Waals surface area contributed by atoms with Crippen molar-refractivity contribution in [2.45, 2.75) is 57.3 Å². The summed E-state index contributed by atoms with van der Waals surface area (Å²) in [5.41, 5.74) is 2.05. The number of aromatic nitrogens is 4. The summed E-state index contributed by atoms with van der Waals surface area (Å²) in [7, 11) is 0. The van der Waals surface area contributed by atoms with Crippen LogP contribution in [0.5, 0.6) is 0 Å². The molecule has 0 bridgehead atoms. The molecule has 33 heavy (non-hydrogen) atoms. The number of carbonyl (C=O) groups is 1. The lowest BCUT2D eigenvalue weighted by Gasteiger charge is -2.31. The first-order valence-electron chi connectivity index (χ1n) is 11.7. The van der Waals surface area contributed by atoms with Crippen molar-refractivity contribution >= 4 is 5.91 Å². The van der Waals surface area contributed by atoms with Gasteiger partial charge in [0.2, 0.25) is 23.5 Å². The number of piperidine rings is 1. The molecule has 9 nitrogen and oxygen atoms in total. The van der Waals surface area contributed by atoms with Crippen LogP contribution in [-0.4, -0.2) is 57.4 Å². The molecule has 0 aliphatic carbocycles. The number of nitrogens with zero attached hydrogens (tertiary/aromatic N) is 5. The third-order valence-electron chi connectivity index (χ3n) is 6.46. The largest absolute Gasteiger partial charge is 0.381 e. The summed E-state index contributed by atoms with van der Waals surface area (Å²) in [6.07, 6.45) is 4.48. The van der Waals surface area contributed by atoms with Crippen LogP contribution in [0.25, 0.3) is 11.4 Å². The Morgan fingerprint density at radius 3 is 2.82 bits per heavy atom. The summed E-state index contributed by atoms with van der Waals surface area (Å²) in [4.78, 5) is 23.9. The van der Waals surface area contributed by atoms with E-state index < -0.39 is 0 Å². The van der Waals surface area contributed by atoms with Gasteiger partial charge in [0, 0.05) is 50.6 Å². The number of amides is 1. The molecule has 0 radical (unpaired) electrons. The van der Waals surface area contributed by atoms with Gasteiger partial charge in [-0.05, 0) is 38.7 Å². The maximum Gasteiger partial charge on any atom is 0.231 e. The number of ether oxygens (including phenoxy) is 1. The zero-order chi connectivity index (χ0) is 22.6. The van der Waals surface area contributed by atoms with Crippen LogP contribution in [0.2, 0.25) is 0 Å². The summed E-state index contributed by atoms with van der Waals surface area (Å²) >= 11 is 0. The number of rotatable bonds is 6. The van der Waals surface area contributed by atoms with Gasteiger partial charge in [-0.1, -0.05) is 34.1 Å². The van der Waals surface area contributed by atoms with E-state index in [1.807, 2.05) is 36.1 Å². The highest BCUT2D eigenvalue weighted by molar-refractivity contribution is 5.76. The topological polar surface area (TPSA) is 107 Å². The molecule has 2 aromatic heterocycles. The quantitative estimate of drug-likeness (QED) is 0.559.